The van der Waals surface area contributed by atoms with Crippen LogP contribution < -0.4 is 0 Å². The van der Waals surface area contributed by atoms with E-state index in [2.05, 4.69) is 40.0 Å². The minimum absolute atomic E-state index is 0.737. The van der Waals surface area contributed by atoms with Crippen molar-refractivity contribution >= 4 is 23.8 Å². The number of imidazole rings is 1. The van der Waals surface area contributed by atoms with Gasteiger partial charge < -0.3 is 9.55 Å². The Labute approximate surface area is 134 Å². The van der Waals surface area contributed by atoms with Gasteiger partial charge in [0, 0.05) is 17.8 Å². The van der Waals surface area contributed by atoms with Crippen molar-refractivity contribution in [2.75, 3.05) is 0 Å². The summed E-state index contributed by atoms with van der Waals surface area (Å²) in [4.78, 5) is 3.25. The first-order chi connectivity index (χ1) is 10.2. The highest BCUT2D eigenvalue weighted by Crippen LogP contribution is 2.20. The van der Waals surface area contributed by atoms with E-state index in [0.29, 0.717) is 0 Å². The van der Waals surface area contributed by atoms with Gasteiger partial charge in [0.05, 0.1) is 5.69 Å². The van der Waals surface area contributed by atoms with Crippen LogP contribution in [0.25, 0.3) is 11.3 Å². The lowest BCUT2D eigenvalue weighted by molar-refractivity contribution is 0.687. The second kappa shape index (κ2) is 6.29. The number of halogens is 1. The molecule has 0 saturated heterocycles. The van der Waals surface area contributed by atoms with E-state index in [1.54, 1.807) is 0 Å². The number of hydrogen-bond donors (Lipinski definition) is 1. The molecule has 0 spiro atoms. The van der Waals surface area contributed by atoms with Crippen molar-refractivity contribution in [2.45, 2.75) is 13.0 Å². The number of benzene rings is 2. The summed E-state index contributed by atoms with van der Waals surface area (Å²) in [6.45, 7) is 0.868. The fraction of sp³-hybridized carbons (Fsp3) is 0.118. The summed E-state index contributed by atoms with van der Waals surface area (Å²) >= 11 is 11.3. The molecule has 0 aliphatic carbocycles. The number of aromatic nitrogens is 2. The highest BCUT2D eigenvalue weighted by Gasteiger charge is 2.03. The van der Waals surface area contributed by atoms with Crippen LogP contribution >= 0.6 is 23.8 Å². The van der Waals surface area contributed by atoms with Gasteiger partial charge in [-0.3, -0.25) is 0 Å². The van der Waals surface area contributed by atoms with E-state index in [0.717, 1.165) is 34.0 Å². The molecule has 106 valence electrons. The third-order valence-corrected chi connectivity index (χ3v) is 4.02. The van der Waals surface area contributed by atoms with Gasteiger partial charge in [0.1, 0.15) is 0 Å². The van der Waals surface area contributed by atoms with Crippen molar-refractivity contribution in [3.05, 3.63) is 76.2 Å². The molecule has 0 amide bonds. The Morgan fingerprint density at radius 1 is 1.00 bits per heavy atom. The third-order valence-electron chi connectivity index (χ3n) is 3.43. The van der Waals surface area contributed by atoms with Gasteiger partial charge in [-0.1, -0.05) is 54.1 Å². The number of hydrogen-bond acceptors (Lipinski definition) is 1. The van der Waals surface area contributed by atoms with Crippen molar-refractivity contribution < 1.29 is 0 Å². The quantitative estimate of drug-likeness (QED) is 0.664. The predicted octanol–water partition coefficient (Wildman–Crippen LogP) is 5.11. The van der Waals surface area contributed by atoms with Gasteiger partial charge in [-0.15, -0.1) is 0 Å². The number of H-pyrrole nitrogens is 1. The first-order valence-corrected chi connectivity index (χ1v) is 7.60. The molecule has 0 fully saturated rings. The second-order valence-electron chi connectivity index (χ2n) is 4.91. The lowest BCUT2D eigenvalue weighted by atomic mass is 10.1. The topological polar surface area (TPSA) is 20.7 Å². The third kappa shape index (κ3) is 3.43. The van der Waals surface area contributed by atoms with Crippen LogP contribution in [0.15, 0.2) is 60.8 Å². The van der Waals surface area contributed by atoms with E-state index in [9.17, 15) is 0 Å². The number of rotatable bonds is 4. The molecule has 1 heterocycles. The maximum absolute atomic E-state index is 5.92. The van der Waals surface area contributed by atoms with E-state index >= 15 is 0 Å². The Kier molecular flexibility index (Phi) is 4.23. The zero-order chi connectivity index (χ0) is 14.7. The molecule has 0 saturated carbocycles. The molecule has 2 nitrogen and oxygen atoms in total. The van der Waals surface area contributed by atoms with Crippen LogP contribution in [0.3, 0.4) is 0 Å². The molecule has 3 rings (SSSR count). The molecule has 0 aliphatic heterocycles. The molecule has 0 bridgehead atoms. The van der Waals surface area contributed by atoms with Crippen LogP contribution in [0, 0.1) is 4.77 Å². The summed E-state index contributed by atoms with van der Waals surface area (Å²) in [5.74, 6) is 0. The molecule has 0 aliphatic rings. The largest absolute Gasteiger partial charge is 0.331 e. The van der Waals surface area contributed by atoms with E-state index in [1.165, 1.54) is 5.56 Å². The van der Waals surface area contributed by atoms with E-state index in [1.807, 2.05) is 30.3 Å². The van der Waals surface area contributed by atoms with Crippen molar-refractivity contribution in [2.24, 2.45) is 0 Å². The van der Waals surface area contributed by atoms with Gasteiger partial charge in [-0.2, -0.15) is 0 Å². The molecule has 1 N–H and O–H groups in total. The summed E-state index contributed by atoms with van der Waals surface area (Å²) in [7, 11) is 0. The van der Waals surface area contributed by atoms with E-state index in [4.69, 9.17) is 23.8 Å². The van der Waals surface area contributed by atoms with Gasteiger partial charge >= 0.3 is 0 Å². The Bertz CT molecular complexity index is 773. The lowest BCUT2D eigenvalue weighted by Crippen LogP contribution is -1.99. The van der Waals surface area contributed by atoms with E-state index in [-0.39, 0.29) is 0 Å². The Hall–Kier alpha value is -1.84. The Balaban J connectivity index is 1.78. The SMILES string of the molecule is S=c1[nH]c(-c2ccc(Cl)cc2)cn1CCc1ccccc1. The zero-order valence-corrected chi connectivity index (χ0v) is 13.0. The van der Waals surface area contributed by atoms with Crippen LogP contribution in [0.2, 0.25) is 5.02 Å². The van der Waals surface area contributed by atoms with Crippen LogP contribution in [0.4, 0.5) is 0 Å². The maximum atomic E-state index is 5.92. The normalized spacial score (nSPS) is 10.7. The van der Waals surface area contributed by atoms with Gasteiger partial charge in [-0.25, -0.2) is 0 Å². The van der Waals surface area contributed by atoms with Gasteiger partial charge in [0.2, 0.25) is 0 Å². The first-order valence-electron chi connectivity index (χ1n) is 6.82. The number of aryl methyl sites for hydroxylation is 2. The fourth-order valence-electron chi connectivity index (χ4n) is 2.27. The van der Waals surface area contributed by atoms with Crippen LogP contribution in [-0.2, 0) is 13.0 Å². The summed E-state index contributed by atoms with van der Waals surface area (Å²) < 4.78 is 2.82. The molecule has 4 heteroatoms. The molecule has 0 atom stereocenters. The van der Waals surface area contributed by atoms with Gasteiger partial charge in [-0.05, 0) is 41.9 Å². The molecule has 1 aromatic heterocycles. The summed E-state index contributed by atoms with van der Waals surface area (Å²) in [5.41, 5.74) is 3.42. The first kappa shape index (κ1) is 14.1. The highest BCUT2D eigenvalue weighted by atomic mass is 35.5. The van der Waals surface area contributed by atoms with Gasteiger partial charge in [0.25, 0.3) is 0 Å². The molecule has 0 unspecified atom stereocenters. The standard InChI is InChI=1S/C17H15ClN2S/c18-15-8-6-14(7-9-15)16-12-20(17(21)19-16)11-10-13-4-2-1-3-5-13/h1-9,12H,10-11H2,(H,19,21). The maximum Gasteiger partial charge on any atom is 0.177 e. The van der Waals surface area contributed by atoms with Gasteiger partial charge in [0.15, 0.2) is 4.77 Å². The molecular weight excluding hydrogens is 300 g/mol. The molecule has 3 aromatic rings. The molecular formula is C17H15ClN2S. The average Bonchev–Trinajstić information content (AvgIpc) is 2.88. The summed E-state index contributed by atoms with van der Waals surface area (Å²) in [6, 6.07) is 18.2. The molecule has 2 aromatic carbocycles. The van der Waals surface area contributed by atoms with Crippen LogP contribution in [0.5, 0.6) is 0 Å². The minimum atomic E-state index is 0.737. The Morgan fingerprint density at radius 2 is 1.71 bits per heavy atom. The number of nitrogens with zero attached hydrogens (tertiary/aromatic N) is 1. The van der Waals surface area contributed by atoms with Crippen molar-refractivity contribution in [1.82, 2.24) is 9.55 Å². The fourth-order valence-corrected chi connectivity index (χ4v) is 2.65. The summed E-state index contributed by atoms with van der Waals surface area (Å²) in [5, 5.41) is 0.737. The zero-order valence-electron chi connectivity index (χ0n) is 11.4. The summed E-state index contributed by atoms with van der Waals surface area (Å²) in [6.07, 6.45) is 3.03. The highest BCUT2D eigenvalue weighted by molar-refractivity contribution is 7.71. The number of aromatic amines is 1. The Morgan fingerprint density at radius 3 is 2.43 bits per heavy atom. The lowest BCUT2D eigenvalue weighted by Gasteiger charge is -2.02. The smallest absolute Gasteiger partial charge is 0.177 e. The van der Waals surface area contributed by atoms with Crippen LogP contribution in [0.1, 0.15) is 5.56 Å². The second-order valence-corrected chi connectivity index (χ2v) is 5.73. The van der Waals surface area contributed by atoms with Crippen molar-refractivity contribution in [3.63, 3.8) is 0 Å². The van der Waals surface area contributed by atoms with Crippen LogP contribution in [-0.4, -0.2) is 9.55 Å². The van der Waals surface area contributed by atoms with E-state index < -0.39 is 0 Å². The minimum Gasteiger partial charge on any atom is -0.331 e. The van der Waals surface area contributed by atoms with Crippen molar-refractivity contribution in [3.8, 4) is 11.3 Å². The average molecular weight is 315 g/mol. The monoisotopic (exact) mass is 314 g/mol. The van der Waals surface area contributed by atoms with Crippen molar-refractivity contribution in [1.29, 1.82) is 0 Å². The molecule has 21 heavy (non-hydrogen) atoms. The predicted molar refractivity (Wildman–Crippen MR) is 90.2 cm³/mol. The number of nitrogens with one attached hydrogen (secondary N) is 1. The molecule has 0 radical (unpaired) electrons.